The van der Waals surface area contributed by atoms with E-state index in [2.05, 4.69) is 31.3 Å². The summed E-state index contributed by atoms with van der Waals surface area (Å²) in [6.07, 6.45) is 2.32. The second-order valence-corrected chi connectivity index (χ2v) is 4.47. The fraction of sp³-hybridized carbons (Fsp3) is 0.462. The van der Waals surface area contributed by atoms with Crippen LogP contribution < -0.4 is 11.1 Å². The van der Waals surface area contributed by atoms with Gasteiger partial charge in [0.1, 0.15) is 0 Å². The third-order valence-electron chi connectivity index (χ3n) is 2.50. The van der Waals surface area contributed by atoms with Gasteiger partial charge in [-0.1, -0.05) is 38.1 Å². The second-order valence-electron chi connectivity index (χ2n) is 4.47. The number of carbonyl (C=O) groups excluding carboxylic acids is 1. The molecule has 0 unspecified atom stereocenters. The van der Waals surface area contributed by atoms with E-state index in [1.54, 1.807) is 0 Å². The standard InChI is InChI=1S/C13H20N2O/c1-10(2)3-4-11-5-7-12(8-6-11)9-15-13(14)16/h5-8,10H,3-4,9H2,1-2H3,(H3,14,15,16). The van der Waals surface area contributed by atoms with Gasteiger partial charge in [-0.25, -0.2) is 4.79 Å². The fourth-order valence-corrected chi connectivity index (χ4v) is 1.47. The highest BCUT2D eigenvalue weighted by Gasteiger charge is 1.98. The van der Waals surface area contributed by atoms with Crippen molar-refractivity contribution in [3.8, 4) is 0 Å². The maximum Gasteiger partial charge on any atom is 0.312 e. The van der Waals surface area contributed by atoms with Gasteiger partial charge in [-0.2, -0.15) is 0 Å². The zero-order valence-corrected chi connectivity index (χ0v) is 9.99. The van der Waals surface area contributed by atoms with Crippen LogP contribution in [0.15, 0.2) is 24.3 Å². The van der Waals surface area contributed by atoms with Crippen molar-refractivity contribution in [1.82, 2.24) is 5.32 Å². The summed E-state index contributed by atoms with van der Waals surface area (Å²) in [5, 5.41) is 2.57. The summed E-state index contributed by atoms with van der Waals surface area (Å²) < 4.78 is 0. The Bertz CT molecular complexity index is 330. The maximum absolute atomic E-state index is 10.5. The summed E-state index contributed by atoms with van der Waals surface area (Å²) in [4.78, 5) is 10.5. The van der Waals surface area contributed by atoms with Crippen LogP contribution in [0.2, 0.25) is 0 Å². The predicted octanol–water partition coefficient (Wildman–Crippen LogP) is 2.44. The molecule has 16 heavy (non-hydrogen) atoms. The summed E-state index contributed by atoms with van der Waals surface area (Å²) >= 11 is 0. The zero-order chi connectivity index (χ0) is 12.0. The molecule has 1 aromatic carbocycles. The van der Waals surface area contributed by atoms with E-state index >= 15 is 0 Å². The molecule has 2 amide bonds. The lowest BCUT2D eigenvalue weighted by Gasteiger charge is -2.06. The van der Waals surface area contributed by atoms with Crippen molar-refractivity contribution >= 4 is 6.03 Å². The molecule has 0 aliphatic heterocycles. The Morgan fingerprint density at radius 1 is 1.25 bits per heavy atom. The van der Waals surface area contributed by atoms with E-state index in [1.165, 1.54) is 12.0 Å². The number of nitrogens with one attached hydrogen (secondary N) is 1. The average Bonchev–Trinajstić information content (AvgIpc) is 2.25. The number of urea groups is 1. The number of hydrogen-bond donors (Lipinski definition) is 2. The number of carbonyl (C=O) groups is 1. The van der Waals surface area contributed by atoms with Gasteiger partial charge in [0.2, 0.25) is 0 Å². The zero-order valence-electron chi connectivity index (χ0n) is 9.99. The van der Waals surface area contributed by atoms with Crippen molar-refractivity contribution in [3.05, 3.63) is 35.4 Å². The molecular formula is C13H20N2O. The first-order valence-electron chi connectivity index (χ1n) is 5.69. The maximum atomic E-state index is 10.5. The Labute approximate surface area is 97.0 Å². The Morgan fingerprint density at radius 2 is 1.81 bits per heavy atom. The molecule has 0 bridgehead atoms. The molecule has 0 radical (unpaired) electrons. The molecule has 0 aliphatic rings. The molecule has 1 rings (SSSR count). The summed E-state index contributed by atoms with van der Waals surface area (Å²) in [6.45, 7) is 4.95. The third kappa shape index (κ3) is 4.82. The van der Waals surface area contributed by atoms with Gasteiger partial charge in [0.05, 0.1) is 0 Å². The quantitative estimate of drug-likeness (QED) is 0.786. The van der Waals surface area contributed by atoms with Crippen molar-refractivity contribution in [2.45, 2.75) is 33.2 Å². The molecule has 0 saturated heterocycles. The lowest BCUT2D eigenvalue weighted by atomic mass is 10.0. The molecule has 0 atom stereocenters. The average molecular weight is 220 g/mol. The molecule has 3 N–H and O–H groups in total. The van der Waals surface area contributed by atoms with Gasteiger partial charge in [0.15, 0.2) is 0 Å². The van der Waals surface area contributed by atoms with Crippen molar-refractivity contribution in [1.29, 1.82) is 0 Å². The molecule has 0 fully saturated rings. The van der Waals surface area contributed by atoms with Crippen molar-refractivity contribution in [2.24, 2.45) is 11.7 Å². The van der Waals surface area contributed by atoms with Crippen LogP contribution in [0.25, 0.3) is 0 Å². The minimum atomic E-state index is -0.483. The number of benzene rings is 1. The van der Waals surface area contributed by atoms with Crippen LogP contribution in [0.5, 0.6) is 0 Å². The van der Waals surface area contributed by atoms with Crippen LogP contribution >= 0.6 is 0 Å². The van der Waals surface area contributed by atoms with Gasteiger partial charge in [-0.05, 0) is 29.9 Å². The fourth-order valence-electron chi connectivity index (χ4n) is 1.47. The van der Waals surface area contributed by atoms with Crippen LogP contribution in [-0.4, -0.2) is 6.03 Å². The topological polar surface area (TPSA) is 55.1 Å². The van der Waals surface area contributed by atoms with Crippen LogP contribution in [0.4, 0.5) is 4.79 Å². The molecule has 88 valence electrons. The van der Waals surface area contributed by atoms with Crippen LogP contribution in [-0.2, 0) is 13.0 Å². The molecule has 1 aromatic rings. The number of primary amides is 1. The Balaban J connectivity index is 2.44. The molecule has 0 heterocycles. The number of rotatable bonds is 5. The Morgan fingerprint density at radius 3 is 2.31 bits per heavy atom. The van der Waals surface area contributed by atoms with Crippen LogP contribution in [0.3, 0.4) is 0 Å². The smallest absolute Gasteiger partial charge is 0.312 e. The van der Waals surface area contributed by atoms with Gasteiger partial charge in [-0.3, -0.25) is 0 Å². The highest BCUT2D eigenvalue weighted by molar-refractivity contribution is 5.71. The van der Waals surface area contributed by atoms with Gasteiger partial charge in [0.25, 0.3) is 0 Å². The van der Waals surface area contributed by atoms with Gasteiger partial charge < -0.3 is 11.1 Å². The highest BCUT2D eigenvalue weighted by Crippen LogP contribution is 2.10. The van der Waals surface area contributed by atoms with Gasteiger partial charge in [0, 0.05) is 6.54 Å². The number of nitrogens with two attached hydrogens (primary N) is 1. The van der Waals surface area contributed by atoms with Crippen molar-refractivity contribution < 1.29 is 4.79 Å². The predicted molar refractivity (Wildman–Crippen MR) is 66.0 cm³/mol. The summed E-state index contributed by atoms with van der Waals surface area (Å²) in [5.74, 6) is 0.733. The first kappa shape index (κ1) is 12.6. The number of hydrogen-bond acceptors (Lipinski definition) is 1. The minimum absolute atomic E-state index is 0.483. The minimum Gasteiger partial charge on any atom is -0.352 e. The molecular weight excluding hydrogens is 200 g/mol. The van der Waals surface area contributed by atoms with E-state index < -0.39 is 6.03 Å². The summed E-state index contributed by atoms with van der Waals surface area (Å²) in [5.41, 5.74) is 7.42. The molecule has 0 aromatic heterocycles. The van der Waals surface area contributed by atoms with Crippen LogP contribution in [0.1, 0.15) is 31.4 Å². The van der Waals surface area contributed by atoms with E-state index in [9.17, 15) is 4.79 Å². The molecule has 3 nitrogen and oxygen atoms in total. The van der Waals surface area contributed by atoms with E-state index in [1.807, 2.05) is 12.1 Å². The SMILES string of the molecule is CC(C)CCc1ccc(CNC(N)=O)cc1. The van der Waals surface area contributed by atoms with Gasteiger partial charge >= 0.3 is 6.03 Å². The van der Waals surface area contributed by atoms with E-state index in [0.717, 1.165) is 17.9 Å². The Kier molecular flexibility index (Phi) is 4.83. The van der Waals surface area contributed by atoms with E-state index in [-0.39, 0.29) is 0 Å². The number of aryl methyl sites for hydroxylation is 1. The summed E-state index contributed by atoms with van der Waals surface area (Å²) in [6, 6.07) is 7.81. The molecule has 0 aliphatic carbocycles. The molecule has 3 heteroatoms. The molecule has 0 spiro atoms. The number of amides is 2. The highest BCUT2D eigenvalue weighted by atomic mass is 16.2. The van der Waals surface area contributed by atoms with E-state index in [0.29, 0.717) is 6.54 Å². The monoisotopic (exact) mass is 220 g/mol. The normalized spacial score (nSPS) is 10.4. The summed E-state index contributed by atoms with van der Waals surface area (Å²) in [7, 11) is 0. The lowest BCUT2D eigenvalue weighted by Crippen LogP contribution is -2.28. The van der Waals surface area contributed by atoms with Crippen LogP contribution in [0, 0.1) is 5.92 Å². The van der Waals surface area contributed by atoms with Crippen molar-refractivity contribution in [3.63, 3.8) is 0 Å². The largest absolute Gasteiger partial charge is 0.352 e. The Hall–Kier alpha value is -1.51. The second kappa shape index (κ2) is 6.16. The first-order chi connectivity index (χ1) is 7.58. The molecule has 0 saturated carbocycles. The van der Waals surface area contributed by atoms with Gasteiger partial charge in [-0.15, -0.1) is 0 Å². The van der Waals surface area contributed by atoms with E-state index in [4.69, 9.17) is 5.73 Å². The lowest BCUT2D eigenvalue weighted by molar-refractivity contribution is 0.248. The third-order valence-corrected chi connectivity index (χ3v) is 2.50. The van der Waals surface area contributed by atoms with Crippen molar-refractivity contribution in [2.75, 3.05) is 0 Å². The first-order valence-corrected chi connectivity index (χ1v) is 5.69.